The van der Waals surface area contributed by atoms with Crippen LogP contribution in [0.4, 0.5) is 0 Å². The van der Waals surface area contributed by atoms with Gasteiger partial charge in [-0.3, -0.25) is 4.79 Å². The minimum Gasteiger partial charge on any atom is -0.465 e. The van der Waals surface area contributed by atoms with Crippen molar-refractivity contribution in [2.24, 2.45) is 22.7 Å². The summed E-state index contributed by atoms with van der Waals surface area (Å²) in [5.41, 5.74) is 0.528. The molecule has 1 atom stereocenters. The molecule has 0 N–H and O–H groups in total. The summed E-state index contributed by atoms with van der Waals surface area (Å²) in [6, 6.07) is 0. The smallest absolute Gasteiger partial charge is 0.308 e. The fourth-order valence-corrected chi connectivity index (χ4v) is 5.14. The molecule has 0 aromatic rings. The number of ether oxygens (including phenoxy) is 1. The highest BCUT2D eigenvalue weighted by Gasteiger charge is 2.34. The zero-order chi connectivity index (χ0) is 22.5. The van der Waals surface area contributed by atoms with E-state index in [0.29, 0.717) is 12.0 Å². The second-order valence-electron chi connectivity index (χ2n) is 11.7. The molecule has 1 fully saturated rings. The van der Waals surface area contributed by atoms with Crippen LogP contribution >= 0.6 is 0 Å². The Balaban J connectivity index is 2.45. The first-order chi connectivity index (χ1) is 14.2. The van der Waals surface area contributed by atoms with Crippen molar-refractivity contribution in [3.05, 3.63) is 0 Å². The normalized spacial score (nSPS) is 21.9. The highest BCUT2D eigenvalue weighted by Crippen LogP contribution is 2.40. The molecule has 0 spiro atoms. The Morgan fingerprint density at radius 3 is 1.70 bits per heavy atom. The molecular weight excluding hydrogens is 368 g/mol. The lowest BCUT2D eigenvalue weighted by atomic mass is 9.70. The fourth-order valence-electron chi connectivity index (χ4n) is 5.14. The van der Waals surface area contributed by atoms with Crippen molar-refractivity contribution >= 4 is 5.97 Å². The number of carbonyl (C=O) groups is 1. The van der Waals surface area contributed by atoms with E-state index in [9.17, 15) is 4.79 Å². The van der Waals surface area contributed by atoms with Gasteiger partial charge in [-0.15, -0.1) is 0 Å². The molecule has 1 aliphatic rings. The number of hydrogen-bond donors (Lipinski definition) is 0. The van der Waals surface area contributed by atoms with Crippen LogP contribution in [0.15, 0.2) is 0 Å². The van der Waals surface area contributed by atoms with Gasteiger partial charge in [0.25, 0.3) is 0 Å². The monoisotopic (exact) mass is 422 g/mol. The molecule has 2 nitrogen and oxygen atoms in total. The van der Waals surface area contributed by atoms with Gasteiger partial charge >= 0.3 is 5.97 Å². The lowest BCUT2D eigenvalue weighted by molar-refractivity contribution is -0.154. The Hall–Kier alpha value is -0.530. The zero-order valence-corrected chi connectivity index (χ0v) is 21.5. The van der Waals surface area contributed by atoms with Crippen molar-refractivity contribution in [2.75, 3.05) is 6.61 Å². The molecule has 0 bridgehead atoms. The molecule has 30 heavy (non-hydrogen) atoms. The van der Waals surface area contributed by atoms with Crippen molar-refractivity contribution in [3.8, 4) is 0 Å². The number of hydrogen-bond acceptors (Lipinski definition) is 2. The average molecular weight is 423 g/mol. The zero-order valence-electron chi connectivity index (χ0n) is 21.5. The van der Waals surface area contributed by atoms with Crippen molar-refractivity contribution < 1.29 is 9.53 Å². The van der Waals surface area contributed by atoms with E-state index in [0.717, 1.165) is 18.8 Å². The van der Waals surface area contributed by atoms with Gasteiger partial charge < -0.3 is 4.74 Å². The summed E-state index contributed by atoms with van der Waals surface area (Å²) in [7, 11) is 0. The molecule has 0 radical (unpaired) electrons. The third kappa shape index (κ3) is 11.2. The van der Waals surface area contributed by atoms with Gasteiger partial charge in [0.1, 0.15) is 0 Å². The molecule has 2 heteroatoms. The highest BCUT2D eigenvalue weighted by molar-refractivity contribution is 5.72. The Labute approximate surface area is 189 Å². The van der Waals surface area contributed by atoms with E-state index in [1.165, 1.54) is 89.9 Å². The molecule has 0 saturated heterocycles. The molecule has 1 aliphatic carbocycles. The third-order valence-corrected chi connectivity index (χ3v) is 7.62. The van der Waals surface area contributed by atoms with Crippen LogP contribution in [0.25, 0.3) is 0 Å². The standard InChI is InChI=1S/C28H54O2/c1-7-9-11-13-14-16-22-28(6,21-15-12-10-8-2)23-30-26(29)24-17-19-25(20-18-24)27(3,4)5/h24-25H,7-23H2,1-6H3. The molecule has 1 unspecified atom stereocenters. The first-order valence-electron chi connectivity index (χ1n) is 13.4. The number of esters is 1. The van der Waals surface area contributed by atoms with Gasteiger partial charge in [-0.1, -0.05) is 106 Å². The number of rotatable bonds is 15. The molecule has 0 aliphatic heterocycles. The van der Waals surface area contributed by atoms with Crippen LogP contribution in [0, 0.1) is 22.7 Å². The van der Waals surface area contributed by atoms with Crippen molar-refractivity contribution in [3.63, 3.8) is 0 Å². The third-order valence-electron chi connectivity index (χ3n) is 7.62. The first-order valence-corrected chi connectivity index (χ1v) is 13.4. The summed E-state index contributed by atoms with van der Waals surface area (Å²) in [6.45, 7) is 14.6. The molecule has 0 heterocycles. The summed E-state index contributed by atoms with van der Waals surface area (Å²) in [5, 5.41) is 0. The van der Waals surface area contributed by atoms with E-state index in [1.807, 2.05) is 0 Å². The Morgan fingerprint density at radius 2 is 1.20 bits per heavy atom. The molecule has 178 valence electrons. The van der Waals surface area contributed by atoms with Crippen LogP contribution in [0.5, 0.6) is 0 Å². The van der Waals surface area contributed by atoms with Crippen LogP contribution in [0.3, 0.4) is 0 Å². The van der Waals surface area contributed by atoms with Gasteiger partial charge in [0.05, 0.1) is 12.5 Å². The lowest BCUT2D eigenvalue weighted by Gasteiger charge is -2.36. The van der Waals surface area contributed by atoms with Crippen LogP contribution in [0.1, 0.15) is 144 Å². The van der Waals surface area contributed by atoms with Gasteiger partial charge in [-0.25, -0.2) is 0 Å². The molecule has 0 aromatic carbocycles. The van der Waals surface area contributed by atoms with E-state index >= 15 is 0 Å². The van der Waals surface area contributed by atoms with E-state index in [2.05, 4.69) is 41.5 Å². The predicted octanol–water partition coefficient (Wildman–Crippen LogP) is 9.11. The first kappa shape index (κ1) is 27.5. The minimum atomic E-state index is 0.0880. The number of unbranched alkanes of at least 4 members (excludes halogenated alkanes) is 8. The Morgan fingerprint density at radius 1 is 0.733 bits per heavy atom. The predicted molar refractivity (Wildman–Crippen MR) is 131 cm³/mol. The second-order valence-corrected chi connectivity index (χ2v) is 11.7. The molecule has 1 saturated carbocycles. The van der Waals surface area contributed by atoms with Gasteiger partial charge in [-0.05, 0) is 49.9 Å². The van der Waals surface area contributed by atoms with Crippen molar-refractivity contribution in [1.29, 1.82) is 0 Å². The van der Waals surface area contributed by atoms with Crippen molar-refractivity contribution in [2.45, 2.75) is 144 Å². The van der Waals surface area contributed by atoms with E-state index in [-0.39, 0.29) is 17.3 Å². The molecule has 0 amide bonds. The van der Waals surface area contributed by atoms with Crippen LogP contribution in [0.2, 0.25) is 0 Å². The highest BCUT2D eigenvalue weighted by atomic mass is 16.5. The summed E-state index contributed by atoms with van der Waals surface area (Å²) >= 11 is 0. The summed E-state index contributed by atoms with van der Waals surface area (Å²) < 4.78 is 5.98. The quantitative estimate of drug-likeness (QED) is 0.194. The topological polar surface area (TPSA) is 26.3 Å². The van der Waals surface area contributed by atoms with Crippen LogP contribution in [-0.2, 0) is 9.53 Å². The van der Waals surface area contributed by atoms with Crippen LogP contribution in [-0.4, -0.2) is 12.6 Å². The maximum Gasteiger partial charge on any atom is 0.308 e. The van der Waals surface area contributed by atoms with Gasteiger partial charge in [0.2, 0.25) is 0 Å². The summed E-state index contributed by atoms with van der Waals surface area (Å²) in [5.74, 6) is 0.977. The Bertz CT molecular complexity index is 442. The molecule has 1 rings (SSSR count). The Kier molecular flexibility index (Phi) is 13.3. The second kappa shape index (κ2) is 14.5. The largest absolute Gasteiger partial charge is 0.465 e. The molecule has 0 aromatic heterocycles. The molecular formula is C28H54O2. The van der Waals surface area contributed by atoms with Gasteiger partial charge in [0, 0.05) is 5.41 Å². The van der Waals surface area contributed by atoms with Crippen molar-refractivity contribution in [1.82, 2.24) is 0 Å². The maximum absolute atomic E-state index is 12.8. The lowest BCUT2D eigenvalue weighted by Crippen LogP contribution is -2.32. The minimum absolute atomic E-state index is 0.0880. The van der Waals surface area contributed by atoms with Gasteiger partial charge in [-0.2, -0.15) is 0 Å². The van der Waals surface area contributed by atoms with E-state index < -0.39 is 0 Å². The van der Waals surface area contributed by atoms with Gasteiger partial charge in [0.15, 0.2) is 0 Å². The summed E-state index contributed by atoms with van der Waals surface area (Å²) in [4.78, 5) is 12.8. The fraction of sp³-hybridized carbons (Fsp3) is 0.964. The van der Waals surface area contributed by atoms with E-state index in [4.69, 9.17) is 4.74 Å². The summed E-state index contributed by atoms with van der Waals surface area (Å²) in [6.07, 6.45) is 20.0. The van der Waals surface area contributed by atoms with E-state index in [1.54, 1.807) is 0 Å². The SMILES string of the molecule is CCCCCCCCC(C)(CCCCCC)COC(=O)C1CCC(C(C)(C)C)CC1. The maximum atomic E-state index is 12.8. The average Bonchev–Trinajstić information content (AvgIpc) is 2.72. The van der Waals surface area contributed by atoms with Crippen LogP contribution < -0.4 is 0 Å². The number of carbonyl (C=O) groups excluding carboxylic acids is 1.